The van der Waals surface area contributed by atoms with Crippen LogP contribution >= 0.6 is 0 Å². The predicted octanol–water partition coefficient (Wildman–Crippen LogP) is 5.01. The zero-order valence-electron chi connectivity index (χ0n) is 12.4. The topological polar surface area (TPSA) is 29.5 Å². The molecule has 2 nitrogen and oxygen atoms in total. The molecule has 0 atom stereocenters. The molecule has 4 heteroatoms. The molecule has 3 rings (SSSR count). The molecule has 23 heavy (non-hydrogen) atoms. The fourth-order valence-electron chi connectivity index (χ4n) is 2.39. The molecule has 3 aromatic rings. The maximum Gasteiger partial charge on any atom is 0.200 e. The second-order valence-electron chi connectivity index (χ2n) is 5.07. The van der Waals surface area contributed by atoms with Gasteiger partial charge in [-0.25, -0.2) is 4.39 Å². The van der Waals surface area contributed by atoms with Crippen LogP contribution in [0, 0.1) is 11.6 Å². The molecule has 0 radical (unpaired) electrons. The molecule has 116 valence electrons. The van der Waals surface area contributed by atoms with Crippen molar-refractivity contribution in [1.29, 1.82) is 0 Å². The standard InChI is InChI=1S/C19H14F2O2/c1-23-15-8-6-13(7-9-15)12-2-4-14(5-3-12)16-10-11-17(22)19(21)18(16)20/h2-11,22H,1H3. The van der Waals surface area contributed by atoms with Crippen molar-refractivity contribution in [3.05, 3.63) is 72.3 Å². The van der Waals surface area contributed by atoms with E-state index in [2.05, 4.69) is 0 Å². The highest BCUT2D eigenvalue weighted by Gasteiger charge is 2.14. The van der Waals surface area contributed by atoms with Crippen molar-refractivity contribution in [3.63, 3.8) is 0 Å². The Morgan fingerprint density at radius 3 is 1.78 bits per heavy atom. The number of hydrogen-bond donors (Lipinski definition) is 1. The van der Waals surface area contributed by atoms with Crippen LogP contribution in [0.1, 0.15) is 0 Å². The van der Waals surface area contributed by atoms with Gasteiger partial charge in [-0.15, -0.1) is 0 Å². The number of phenolic OH excluding ortho intramolecular Hbond substituents is 1. The lowest BCUT2D eigenvalue weighted by Gasteiger charge is -2.08. The molecule has 3 aromatic carbocycles. The van der Waals surface area contributed by atoms with Crippen molar-refractivity contribution in [3.8, 4) is 33.8 Å². The van der Waals surface area contributed by atoms with E-state index in [1.54, 1.807) is 19.2 Å². The summed E-state index contributed by atoms with van der Waals surface area (Å²) >= 11 is 0. The molecular weight excluding hydrogens is 298 g/mol. The molecular formula is C19H14F2O2. The number of hydrogen-bond acceptors (Lipinski definition) is 2. The Morgan fingerprint density at radius 2 is 1.22 bits per heavy atom. The zero-order valence-corrected chi connectivity index (χ0v) is 12.4. The number of halogens is 2. The minimum Gasteiger partial charge on any atom is -0.505 e. The van der Waals surface area contributed by atoms with E-state index in [-0.39, 0.29) is 5.56 Å². The Morgan fingerprint density at radius 1 is 0.696 bits per heavy atom. The zero-order chi connectivity index (χ0) is 16.4. The van der Waals surface area contributed by atoms with Crippen LogP contribution in [0.15, 0.2) is 60.7 Å². The highest BCUT2D eigenvalue weighted by atomic mass is 19.2. The van der Waals surface area contributed by atoms with E-state index in [1.165, 1.54) is 6.07 Å². The minimum atomic E-state index is -1.23. The average molecular weight is 312 g/mol. The van der Waals surface area contributed by atoms with Gasteiger partial charge in [0.2, 0.25) is 5.82 Å². The number of ether oxygens (including phenoxy) is 1. The molecule has 0 bridgehead atoms. The Kier molecular flexibility index (Phi) is 3.98. The van der Waals surface area contributed by atoms with Gasteiger partial charge in [0.1, 0.15) is 5.75 Å². The maximum atomic E-state index is 13.9. The van der Waals surface area contributed by atoms with Crippen LogP contribution in [0.2, 0.25) is 0 Å². The summed E-state index contributed by atoms with van der Waals surface area (Å²) in [5, 5.41) is 9.18. The van der Waals surface area contributed by atoms with Gasteiger partial charge in [0.15, 0.2) is 11.6 Å². The van der Waals surface area contributed by atoms with Crippen LogP contribution in [0.25, 0.3) is 22.3 Å². The van der Waals surface area contributed by atoms with Gasteiger partial charge in [0.05, 0.1) is 7.11 Å². The summed E-state index contributed by atoms with van der Waals surface area (Å²) in [4.78, 5) is 0. The van der Waals surface area contributed by atoms with Crippen molar-refractivity contribution >= 4 is 0 Å². The van der Waals surface area contributed by atoms with E-state index >= 15 is 0 Å². The van der Waals surface area contributed by atoms with Gasteiger partial charge in [-0.3, -0.25) is 0 Å². The van der Waals surface area contributed by atoms with Gasteiger partial charge >= 0.3 is 0 Å². The first-order valence-electron chi connectivity index (χ1n) is 7.02. The molecule has 0 heterocycles. The fraction of sp³-hybridized carbons (Fsp3) is 0.0526. The van der Waals surface area contributed by atoms with Crippen LogP contribution < -0.4 is 4.74 Å². The number of benzene rings is 3. The van der Waals surface area contributed by atoms with E-state index in [4.69, 9.17) is 4.74 Å². The van der Waals surface area contributed by atoms with Crippen LogP contribution in [-0.2, 0) is 0 Å². The summed E-state index contributed by atoms with van der Waals surface area (Å²) in [6.45, 7) is 0. The predicted molar refractivity (Wildman–Crippen MR) is 85.4 cm³/mol. The Bertz CT molecular complexity index is 825. The molecule has 0 aliphatic rings. The first kappa shape index (κ1) is 15.0. The van der Waals surface area contributed by atoms with Gasteiger partial charge in [-0.1, -0.05) is 36.4 Å². The molecule has 0 aliphatic heterocycles. The van der Waals surface area contributed by atoms with E-state index in [0.717, 1.165) is 22.9 Å². The lowest BCUT2D eigenvalue weighted by Crippen LogP contribution is -1.90. The molecule has 0 aromatic heterocycles. The van der Waals surface area contributed by atoms with Crippen LogP contribution in [-0.4, -0.2) is 12.2 Å². The van der Waals surface area contributed by atoms with Crippen molar-refractivity contribution < 1.29 is 18.6 Å². The molecule has 0 spiro atoms. The first-order valence-corrected chi connectivity index (χ1v) is 7.02. The van der Waals surface area contributed by atoms with E-state index in [0.29, 0.717) is 5.56 Å². The lowest BCUT2D eigenvalue weighted by atomic mass is 10.00. The average Bonchev–Trinajstić information content (AvgIpc) is 2.60. The van der Waals surface area contributed by atoms with E-state index < -0.39 is 17.4 Å². The Balaban J connectivity index is 1.94. The van der Waals surface area contributed by atoms with Gasteiger partial charge in [0.25, 0.3) is 0 Å². The van der Waals surface area contributed by atoms with E-state index in [1.807, 2.05) is 36.4 Å². The third kappa shape index (κ3) is 2.88. The highest BCUT2D eigenvalue weighted by molar-refractivity contribution is 5.71. The van der Waals surface area contributed by atoms with Gasteiger partial charge in [-0.2, -0.15) is 4.39 Å². The van der Waals surface area contributed by atoms with Gasteiger partial charge in [-0.05, 0) is 41.0 Å². The quantitative estimate of drug-likeness (QED) is 0.736. The lowest BCUT2D eigenvalue weighted by molar-refractivity contribution is 0.408. The van der Waals surface area contributed by atoms with Crippen LogP contribution in [0.3, 0.4) is 0 Å². The SMILES string of the molecule is COc1ccc(-c2ccc(-c3ccc(O)c(F)c3F)cc2)cc1. The monoisotopic (exact) mass is 312 g/mol. The van der Waals surface area contributed by atoms with Crippen molar-refractivity contribution in [2.75, 3.05) is 7.11 Å². The second kappa shape index (κ2) is 6.08. The summed E-state index contributed by atoms with van der Waals surface area (Å²) in [5.41, 5.74) is 2.60. The molecule has 0 fully saturated rings. The number of rotatable bonds is 3. The summed E-state index contributed by atoms with van der Waals surface area (Å²) in [6, 6.07) is 17.2. The van der Waals surface area contributed by atoms with E-state index in [9.17, 15) is 13.9 Å². The highest BCUT2D eigenvalue weighted by Crippen LogP contribution is 2.31. The van der Waals surface area contributed by atoms with Crippen molar-refractivity contribution in [2.45, 2.75) is 0 Å². The third-order valence-corrected chi connectivity index (χ3v) is 3.68. The third-order valence-electron chi connectivity index (χ3n) is 3.68. The van der Waals surface area contributed by atoms with Gasteiger partial charge < -0.3 is 9.84 Å². The first-order chi connectivity index (χ1) is 11.1. The largest absolute Gasteiger partial charge is 0.505 e. The summed E-state index contributed by atoms with van der Waals surface area (Å²) in [6.07, 6.45) is 0. The summed E-state index contributed by atoms with van der Waals surface area (Å²) < 4.78 is 32.5. The number of phenols is 1. The smallest absolute Gasteiger partial charge is 0.200 e. The number of methoxy groups -OCH3 is 1. The summed E-state index contributed by atoms with van der Waals surface area (Å²) in [5.74, 6) is -2.21. The molecule has 0 unspecified atom stereocenters. The Labute approximate surface area is 132 Å². The van der Waals surface area contributed by atoms with Crippen LogP contribution in [0.4, 0.5) is 8.78 Å². The van der Waals surface area contributed by atoms with Gasteiger partial charge in [0, 0.05) is 5.56 Å². The number of aromatic hydroxyl groups is 1. The summed E-state index contributed by atoms with van der Waals surface area (Å²) in [7, 11) is 1.61. The minimum absolute atomic E-state index is 0.113. The molecule has 1 N–H and O–H groups in total. The molecule has 0 aliphatic carbocycles. The van der Waals surface area contributed by atoms with Crippen molar-refractivity contribution in [2.24, 2.45) is 0 Å². The molecule has 0 saturated heterocycles. The van der Waals surface area contributed by atoms with Crippen LogP contribution in [0.5, 0.6) is 11.5 Å². The second-order valence-corrected chi connectivity index (χ2v) is 5.07. The normalized spacial score (nSPS) is 10.6. The van der Waals surface area contributed by atoms with Crippen molar-refractivity contribution in [1.82, 2.24) is 0 Å². The molecule has 0 saturated carbocycles. The molecule has 0 amide bonds. The maximum absolute atomic E-state index is 13.9. The fourth-order valence-corrected chi connectivity index (χ4v) is 2.39. The Hall–Kier alpha value is -2.88.